The average Bonchev–Trinajstić information content (AvgIpc) is 2.72. The van der Waals surface area contributed by atoms with Gasteiger partial charge in [0.2, 0.25) is 5.91 Å². The first-order chi connectivity index (χ1) is 13.5. The van der Waals surface area contributed by atoms with Crippen LogP contribution >= 0.6 is 0 Å². The first-order valence-corrected chi connectivity index (χ1v) is 9.57. The van der Waals surface area contributed by atoms with Crippen LogP contribution in [0.5, 0.6) is 11.5 Å². The van der Waals surface area contributed by atoms with Gasteiger partial charge in [0.15, 0.2) is 11.5 Å². The van der Waals surface area contributed by atoms with Crippen LogP contribution in [0.1, 0.15) is 42.2 Å². The quantitative estimate of drug-likeness (QED) is 0.772. The van der Waals surface area contributed by atoms with Gasteiger partial charge in [0, 0.05) is 18.5 Å². The van der Waals surface area contributed by atoms with Gasteiger partial charge in [0.05, 0.1) is 6.04 Å². The molecule has 0 spiro atoms. The Morgan fingerprint density at radius 3 is 2.43 bits per heavy atom. The molecule has 148 valence electrons. The van der Waals surface area contributed by atoms with Crippen molar-refractivity contribution >= 4 is 11.8 Å². The van der Waals surface area contributed by atoms with Gasteiger partial charge >= 0.3 is 0 Å². The molecule has 0 saturated heterocycles. The molecule has 2 N–H and O–H groups in total. The van der Waals surface area contributed by atoms with E-state index in [4.69, 9.17) is 9.47 Å². The van der Waals surface area contributed by atoms with Crippen LogP contribution in [0.3, 0.4) is 0 Å². The maximum Gasteiger partial charge on any atom is 0.251 e. The molecule has 6 nitrogen and oxygen atoms in total. The fraction of sp³-hybridized carbons (Fsp3) is 0.364. The minimum Gasteiger partial charge on any atom is -0.486 e. The van der Waals surface area contributed by atoms with Gasteiger partial charge < -0.3 is 20.1 Å². The molecule has 0 aliphatic carbocycles. The van der Waals surface area contributed by atoms with E-state index in [1.807, 2.05) is 36.4 Å². The fourth-order valence-corrected chi connectivity index (χ4v) is 3.12. The van der Waals surface area contributed by atoms with E-state index >= 15 is 0 Å². The van der Waals surface area contributed by atoms with E-state index in [0.717, 1.165) is 11.3 Å². The molecule has 0 radical (unpaired) electrons. The minimum absolute atomic E-state index is 0.109. The lowest BCUT2D eigenvalue weighted by atomic mass is 9.95. The summed E-state index contributed by atoms with van der Waals surface area (Å²) in [7, 11) is 0. The van der Waals surface area contributed by atoms with Crippen LogP contribution in [-0.2, 0) is 4.79 Å². The Morgan fingerprint density at radius 2 is 1.71 bits per heavy atom. The van der Waals surface area contributed by atoms with Crippen molar-refractivity contribution in [1.29, 1.82) is 0 Å². The molecule has 6 heteroatoms. The van der Waals surface area contributed by atoms with Gasteiger partial charge in [-0.05, 0) is 35.7 Å². The number of hydrogen-bond donors (Lipinski definition) is 2. The third-order valence-electron chi connectivity index (χ3n) is 4.58. The highest BCUT2D eigenvalue weighted by molar-refractivity contribution is 5.94. The molecule has 2 aromatic rings. The van der Waals surface area contributed by atoms with Crippen LogP contribution in [0.25, 0.3) is 0 Å². The van der Waals surface area contributed by atoms with Crippen molar-refractivity contribution in [3.8, 4) is 11.5 Å². The summed E-state index contributed by atoms with van der Waals surface area (Å²) in [4.78, 5) is 24.5. The Balaban J connectivity index is 1.55. The molecule has 1 unspecified atom stereocenters. The normalized spacial score (nSPS) is 13.7. The second kappa shape index (κ2) is 9.26. The topological polar surface area (TPSA) is 76.7 Å². The van der Waals surface area contributed by atoms with Crippen molar-refractivity contribution in [2.24, 2.45) is 5.92 Å². The summed E-state index contributed by atoms with van der Waals surface area (Å²) < 4.78 is 11.2. The minimum atomic E-state index is -0.180. The van der Waals surface area contributed by atoms with Crippen molar-refractivity contribution in [1.82, 2.24) is 10.6 Å². The summed E-state index contributed by atoms with van der Waals surface area (Å²) in [5.74, 6) is 1.35. The lowest BCUT2D eigenvalue weighted by molar-refractivity contribution is -0.122. The molecule has 0 saturated carbocycles. The van der Waals surface area contributed by atoms with Crippen molar-refractivity contribution in [3.63, 3.8) is 0 Å². The zero-order valence-corrected chi connectivity index (χ0v) is 16.2. The van der Waals surface area contributed by atoms with Crippen LogP contribution in [0.4, 0.5) is 0 Å². The summed E-state index contributed by atoms with van der Waals surface area (Å²) in [5.41, 5.74) is 1.56. The molecule has 28 heavy (non-hydrogen) atoms. The first kappa shape index (κ1) is 19.7. The Hall–Kier alpha value is -3.02. The van der Waals surface area contributed by atoms with Crippen molar-refractivity contribution < 1.29 is 19.1 Å². The summed E-state index contributed by atoms with van der Waals surface area (Å²) in [6.45, 7) is 5.46. The summed E-state index contributed by atoms with van der Waals surface area (Å²) in [6.07, 6.45) is 0.215. The molecule has 2 amide bonds. The summed E-state index contributed by atoms with van der Waals surface area (Å²) >= 11 is 0. The molecule has 3 rings (SSSR count). The third-order valence-corrected chi connectivity index (χ3v) is 4.58. The van der Waals surface area contributed by atoms with Gasteiger partial charge in [-0.15, -0.1) is 0 Å². The number of benzene rings is 2. The number of carbonyl (C=O) groups excluding carboxylic acids is 2. The van der Waals surface area contributed by atoms with Crippen molar-refractivity contribution in [3.05, 3.63) is 59.7 Å². The Morgan fingerprint density at radius 1 is 1.00 bits per heavy atom. The maximum absolute atomic E-state index is 12.4. The molecule has 0 fully saturated rings. The number of ether oxygens (including phenoxy) is 2. The molecule has 1 heterocycles. The van der Waals surface area contributed by atoms with Crippen LogP contribution in [0.15, 0.2) is 48.5 Å². The fourth-order valence-electron chi connectivity index (χ4n) is 3.12. The van der Waals surface area contributed by atoms with Gasteiger partial charge in [-0.1, -0.05) is 38.1 Å². The SMILES string of the molecule is CC(C)C(NC(=O)CCNC(=O)c1ccccc1)c1ccc2c(c1)OCCO2. The lowest BCUT2D eigenvalue weighted by Crippen LogP contribution is -2.35. The molecule has 2 aromatic carbocycles. The molecule has 1 aliphatic rings. The van der Waals surface area contributed by atoms with Crippen LogP contribution in [0.2, 0.25) is 0 Å². The van der Waals surface area contributed by atoms with Crippen molar-refractivity contribution in [2.45, 2.75) is 26.3 Å². The largest absolute Gasteiger partial charge is 0.486 e. The van der Waals surface area contributed by atoms with Gasteiger partial charge in [0.1, 0.15) is 13.2 Å². The van der Waals surface area contributed by atoms with E-state index in [2.05, 4.69) is 24.5 Å². The molecule has 0 bridgehead atoms. The predicted molar refractivity (Wildman–Crippen MR) is 107 cm³/mol. The average molecular weight is 382 g/mol. The highest BCUT2D eigenvalue weighted by Crippen LogP contribution is 2.34. The van der Waals surface area contributed by atoms with E-state index in [0.29, 0.717) is 24.5 Å². The maximum atomic E-state index is 12.4. The van der Waals surface area contributed by atoms with Gasteiger partial charge in [-0.2, -0.15) is 0 Å². The molecule has 1 atom stereocenters. The number of hydrogen-bond acceptors (Lipinski definition) is 4. The smallest absolute Gasteiger partial charge is 0.251 e. The number of fused-ring (bicyclic) bond motifs is 1. The second-order valence-electron chi connectivity index (χ2n) is 7.06. The van der Waals surface area contributed by atoms with Gasteiger partial charge in [0.25, 0.3) is 5.91 Å². The van der Waals surface area contributed by atoms with E-state index in [-0.39, 0.29) is 36.7 Å². The summed E-state index contributed by atoms with van der Waals surface area (Å²) in [6, 6.07) is 14.6. The molecule has 0 aromatic heterocycles. The van der Waals surface area contributed by atoms with Crippen LogP contribution in [-0.4, -0.2) is 31.6 Å². The zero-order valence-electron chi connectivity index (χ0n) is 16.2. The van der Waals surface area contributed by atoms with Crippen molar-refractivity contribution in [2.75, 3.05) is 19.8 Å². The van der Waals surface area contributed by atoms with E-state index in [1.165, 1.54) is 0 Å². The standard InChI is InChI=1S/C22H26N2O4/c1-15(2)21(17-8-9-18-19(14-17)28-13-12-27-18)24-20(25)10-11-23-22(26)16-6-4-3-5-7-16/h3-9,14-15,21H,10-13H2,1-2H3,(H,23,26)(H,24,25). The van der Waals surface area contributed by atoms with Gasteiger partial charge in [-0.3, -0.25) is 9.59 Å². The first-order valence-electron chi connectivity index (χ1n) is 9.57. The van der Waals surface area contributed by atoms with Gasteiger partial charge in [-0.25, -0.2) is 0 Å². The number of carbonyl (C=O) groups is 2. The molecular formula is C22H26N2O4. The number of nitrogens with one attached hydrogen (secondary N) is 2. The second-order valence-corrected chi connectivity index (χ2v) is 7.06. The summed E-state index contributed by atoms with van der Waals surface area (Å²) in [5, 5.41) is 5.84. The number of rotatable bonds is 7. The monoisotopic (exact) mass is 382 g/mol. The zero-order chi connectivity index (χ0) is 19.9. The third kappa shape index (κ3) is 5.03. The Kier molecular flexibility index (Phi) is 6.53. The molecule has 1 aliphatic heterocycles. The van der Waals surface area contributed by atoms with Crippen LogP contribution in [0, 0.1) is 5.92 Å². The lowest BCUT2D eigenvalue weighted by Gasteiger charge is -2.25. The van der Waals surface area contributed by atoms with Crippen LogP contribution < -0.4 is 20.1 Å². The highest BCUT2D eigenvalue weighted by atomic mass is 16.6. The number of amides is 2. The Bertz CT molecular complexity index is 821. The van der Waals surface area contributed by atoms with E-state index in [1.54, 1.807) is 12.1 Å². The van der Waals surface area contributed by atoms with E-state index < -0.39 is 0 Å². The van der Waals surface area contributed by atoms with E-state index in [9.17, 15) is 9.59 Å². The Labute approximate surface area is 165 Å². The highest BCUT2D eigenvalue weighted by Gasteiger charge is 2.21. The molecular weight excluding hydrogens is 356 g/mol. The predicted octanol–water partition coefficient (Wildman–Crippen LogP) is 3.09.